The molecular formula is C20H26N2O4. The highest BCUT2D eigenvalue weighted by Crippen LogP contribution is 2.40. The van der Waals surface area contributed by atoms with Crippen molar-refractivity contribution in [2.75, 3.05) is 13.7 Å². The standard InChI is InChI=1S/C20H26N2O4/c1-25-16-10-6-13(7-11-16)18-19(20(24)21-14-4-2-3-5-14)26-12-17(23)22(18)15-8-9-15/h6-7,10-11,14-15,18-19H,2-5,8-9,12H2,1H3,(H,21,24). The number of ether oxygens (including phenoxy) is 2. The highest BCUT2D eigenvalue weighted by atomic mass is 16.5. The van der Waals surface area contributed by atoms with E-state index in [-0.39, 0.29) is 36.5 Å². The van der Waals surface area contributed by atoms with E-state index < -0.39 is 6.10 Å². The topological polar surface area (TPSA) is 67.9 Å². The van der Waals surface area contributed by atoms with Crippen molar-refractivity contribution >= 4 is 11.8 Å². The maximum Gasteiger partial charge on any atom is 0.251 e. The Kier molecular flexibility index (Phi) is 4.85. The number of nitrogens with one attached hydrogen (secondary N) is 1. The van der Waals surface area contributed by atoms with Gasteiger partial charge in [0.25, 0.3) is 5.91 Å². The molecule has 1 heterocycles. The summed E-state index contributed by atoms with van der Waals surface area (Å²) in [5, 5.41) is 3.14. The van der Waals surface area contributed by atoms with Crippen LogP contribution in [0.3, 0.4) is 0 Å². The third-order valence-corrected chi connectivity index (χ3v) is 5.62. The van der Waals surface area contributed by atoms with Crippen LogP contribution in [0.1, 0.15) is 50.1 Å². The van der Waals surface area contributed by atoms with Crippen molar-refractivity contribution in [3.8, 4) is 5.75 Å². The Labute approximate surface area is 153 Å². The molecule has 2 aliphatic carbocycles. The number of carbonyl (C=O) groups excluding carboxylic acids is 2. The lowest BCUT2D eigenvalue weighted by Gasteiger charge is -2.41. The van der Waals surface area contributed by atoms with E-state index in [2.05, 4.69) is 5.32 Å². The lowest BCUT2D eigenvalue weighted by Crippen LogP contribution is -2.56. The lowest BCUT2D eigenvalue weighted by molar-refractivity contribution is -0.165. The van der Waals surface area contributed by atoms with Crippen molar-refractivity contribution < 1.29 is 19.1 Å². The molecule has 2 saturated carbocycles. The molecule has 1 aliphatic heterocycles. The number of carbonyl (C=O) groups is 2. The van der Waals surface area contributed by atoms with E-state index in [0.29, 0.717) is 0 Å². The normalized spacial score (nSPS) is 26.8. The summed E-state index contributed by atoms with van der Waals surface area (Å²) in [7, 11) is 1.62. The summed E-state index contributed by atoms with van der Waals surface area (Å²) in [4.78, 5) is 27.4. The van der Waals surface area contributed by atoms with Crippen molar-refractivity contribution in [2.45, 2.75) is 62.8 Å². The van der Waals surface area contributed by atoms with Gasteiger partial charge in [0.2, 0.25) is 5.91 Å². The van der Waals surface area contributed by atoms with Crippen LogP contribution in [0.5, 0.6) is 5.75 Å². The average molecular weight is 358 g/mol. The van der Waals surface area contributed by atoms with Crippen LogP contribution in [0.25, 0.3) is 0 Å². The van der Waals surface area contributed by atoms with Gasteiger partial charge in [0.1, 0.15) is 12.4 Å². The van der Waals surface area contributed by atoms with Gasteiger partial charge in [-0.2, -0.15) is 0 Å². The SMILES string of the molecule is COc1ccc(C2C(C(=O)NC3CCCC3)OCC(=O)N2C2CC2)cc1. The predicted octanol–water partition coefficient (Wildman–Crippen LogP) is 2.18. The van der Waals surface area contributed by atoms with E-state index in [1.54, 1.807) is 7.11 Å². The Morgan fingerprint density at radius 3 is 2.46 bits per heavy atom. The Morgan fingerprint density at radius 1 is 1.15 bits per heavy atom. The number of morpholine rings is 1. The number of hydrogen-bond acceptors (Lipinski definition) is 4. The van der Waals surface area contributed by atoms with Crippen molar-refractivity contribution in [3.63, 3.8) is 0 Å². The average Bonchev–Trinajstić information content (AvgIpc) is 3.37. The minimum atomic E-state index is -0.665. The summed E-state index contributed by atoms with van der Waals surface area (Å²) in [6, 6.07) is 7.66. The summed E-state index contributed by atoms with van der Waals surface area (Å²) < 4.78 is 11.0. The molecule has 1 aromatic rings. The van der Waals surface area contributed by atoms with Gasteiger partial charge in [-0.25, -0.2) is 0 Å². The van der Waals surface area contributed by atoms with Crippen LogP contribution < -0.4 is 10.1 Å². The van der Waals surface area contributed by atoms with Gasteiger partial charge in [0.15, 0.2) is 6.10 Å². The molecule has 3 aliphatic rings. The zero-order valence-electron chi connectivity index (χ0n) is 15.1. The fraction of sp³-hybridized carbons (Fsp3) is 0.600. The number of methoxy groups -OCH3 is 1. The number of amides is 2. The van der Waals surface area contributed by atoms with E-state index in [1.807, 2.05) is 29.2 Å². The van der Waals surface area contributed by atoms with E-state index in [1.165, 1.54) is 0 Å². The van der Waals surface area contributed by atoms with Crippen molar-refractivity contribution in [3.05, 3.63) is 29.8 Å². The Morgan fingerprint density at radius 2 is 1.85 bits per heavy atom. The van der Waals surface area contributed by atoms with Crippen molar-refractivity contribution in [1.82, 2.24) is 10.2 Å². The third-order valence-electron chi connectivity index (χ3n) is 5.62. The molecule has 140 valence electrons. The molecule has 2 unspecified atom stereocenters. The number of hydrogen-bond donors (Lipinski definition) is 1. The number of rotatable bonds is 5. The van der Waals surface area contributed by atoms with Crippen LogP contribution in [0.4, 0.5) is 0 Å². The molecule has 2 amide bonds. The Hall–Kier alpha value is -2.08. The largest absolute Gasteiger partial charge is 0.497 e. The fourth-order valence-corrected chi connectivity index (χ4v) is 4.12. The zero-order chi connectivity index (χ0) is 18.1. The minimum Gasteiger partial charge on any atom is -0.497 e. The molecule has 3 fully saturated rings. The molecule has 1 N–H and O–H groups in total. The smallest absolute Gasteiger partial charge is 0.251 e. The summed E-state index contributed by atoms with van der Waals surface area (Å²) in [6.07, 6.45) is 5.69. The zero-order valence-corrected chi connectivity index (χ0v) is 15.1. The van der Waals surface area contributed by atoms with Gasteiger partial charge >= 0.3 is 0 Å². The lowest BCUT2D eigenvalue weighted by atomic mass is 9.96. The molecule has 6 heteroatoms. The first kappa shape index (κ1) is 17.3. The first-order chi connectivity index (χ1) is 12.7. The first-order valence-electron chi connectivity index (χ1n) is 9.54. The minimum absolute atomic E-state index is 0.0219. The maximum absolute atomic E-state index is 13.0. The van der Waals surface area contributed by atoms with Crippen LogP contribution >= 0.6 is 0 Å². The fourth-order valence-electron chi connectivity index (χ4n) is 4.12. The third kappa shape index (κ3) is 3.43. The number of benzene rings is 1. The van der Waals surface area contributed by atoms with Crippen LogP contribution in [0.2, 0.25) is 0 Å². The highest BCUT2D eigenvalue weighted by Gasteiger charge is 2.47. The molecule has 6 nitrogen and oxygen atoms in total. The summed E-state index contributed by atoms with van der Waals surface area (Å²) in [5.41, 5.74) is 0.914. The van der Waals surface area contributed by atoms with Crippen molar-refractivity contribution in [1.29, 1.82) is 0 Å². The van der Waals surface area contributed by atoms with Gasteiger partial charge < -0.3 is 19.7 Å². The van der Waals surface area contributed by atoms with Crippen LogP contribution in [0.15, 0.2) is 24.3 Å². The molecule has 1 saturated heterocycles. The molecule has 0 aromatic heterocycles. The molecule has 4 rings (SSSR count). The molecule has 1 aromatic carbocycles. The van der Waals surface area contributed by atoms with E-state index >= 15 is 0 Å². The van der Waals surface area contributed by atoms with Crippen LogP contribution in [-0.4, -0.2) is 48.6 Å². The van der Waals surface area contributed by atoms with Gasteiger partial charge in [0, 0.05) is 12.1 Å². The second-order valence-electron chi connectivity index (χ2n) is 7.47. The molecule has 0 radical (unpaired) electrons. The van der Waals surface area contributed by atoms with Gasteiger partial charge in [-0.1, -0.05) is 25.0 Å². The van der Waals surface area contributed by atoms with Crippen LogP contribution in [-0.2, 0) is 14.3 Å². The quantitative estimate of drug-likeness (QED) is 0.876. The molecule has 26 heavy (non-hydrogen) atoms. The van der Waals surface area contributed by atoms with Gasteiger partial charge in [-0.3, -0.25) is 9.59 Å². The molecule has 0 bridgehead atoms. The predicted molar refractivity (Wildman–Crippen MR) is 95.7 cm³/mol. The van der Waals surface area contributed by atoms with Gasteiger partial charge in [0.05, 0.1) is 13.2 Å². The molecule has 0 spiro atoms. The van der Waals surface area contributed by atoms with Gasteiger partial charge in [-0.05, 0) is 43.4 Å². The molecule has 2 atom stereocenters. The van der Waals surface area contributed by atoms with E-state index in [9.17, 15) is 9.59 Å². The van der Waals surface area contributed by atoms with Crippen molar-refractivity contribution in [2.24, 2.45) is 0 Å². The Bertz CT molecular complexity index is 665. The summed E-state index contributed by atoms with van der Waals surface area (Å²) in [5.74, 6) is 0.621. The monoisotopic (exact) mass is 358 g/mol. The van der Waals surface area contributed by atoms with Crippen LogP contribution in [0, 0.1) is 0 Å². The Balaban J connectivity index is 1.61. The number of nitrogens with zero attached hydrogens (tertiary/aromatic N) is 1. The summed E-state index contributed by atoms with van der Waals surface area (Å²) >= 11 is 0. The second-order valence-corrected chi connectivity index (χ2v) is 7.47. The second kappa shape index (κ2) is 7.27. The summed E-state index contributed by atoms with van der Waals surface area (Å²) in [6.45, 7) is -0.0219. The first-order valence-corrected chi connectivity index (χ1v) is 9.54. The van der Waals surface area contributed by atoms with Gasteiger partial charge in [-0.15, -0.1) is 0 Å². The maximum atomic E-state index is 13.0. The van der Waals surface area contributed by atoms with E-state index in [4.69, 9.17) is 9.47 Å². The molecular weight excluding hydrogens is 332 g/mol. The highest BCUT2D eigenvalue weighted by molar-refractivity contribution is 5.87. The van der Waals surface area contributed by atoms with E-state index in [0.717, 1.165) is 49.8 Å².